The first kappa shape index (κ1) is 19.1. The number of nitrogens with one attached hydrogen (secondary N) is 1. The predicted octanol–water partition coefficient (Wildman–Crippen LogP) is 6.77. The van der Waals surface area contributed by atoms with Gasteiger partial charge in [0, 0.05) is 34.9 Å². The van der Waals surface area contributed by atoms with Gasteiger partial charge < -0.3 is 4.98 Å². The number of hydrogen-bond acceptors (Lipinski definition) is 5. The quantitative estimate of drug-likeness (QED) is 0.173. The molecule has 0 aliphatic rings. The lowest BCUT2D eigenvalue weighted by Crippen LogP contribution is -1.92. The molecule has 4 rings (SSSR count). The number of azo groups is 1. The first-order valence-corrected chi connectivity index (χ1v) is 9.08. The molecule has 4 aromatic rings. The minimum absolute atomic E-state index is 0.00109. The lowest BCUT2D eigenvalue weighted by molar-refractivity contribution is -0.384. The third-order valence-corrected chi connectivity index (χ3v) is 4.54. The molecule has 30 heavy (non-hydrogen) atoms. The highest BCUT2D eigenvalue weighted by Crippen LogP contribution is 2.30. The van der Waals surface area contributed by atoms with E-state index >= 15 is 0 Å². The summed E-state index contributed by atoms with van der Waals surface area (Å²) < 4.78 is 13.0. The van der Waals surface area contributed by atoms with Crippen LogP contribution in [0.4, 0.5) is 27.1 Å². The molecule has 0 amide bonds. The highest BCUT2D eigenvalue weighted by molar-refractivity contribution is 6.00. The van der Waals surface area contributed by atoms with Crippen molar-refractivity contribution < 1.29 is 9.31 Å². The molecule has 0 aliphatic carbocycles. The molecule has 148 valence electrons. The van der Waals surface area contributed by atoms with Crippen molar-refractivity contribution in [2.75, 3.05) is 0 Å². The van der Waals surface area contributed by atoms with Crippen LogP contribution in [0.2, 0.25) is 0 Å². The van der Waals surface area contributed by atoms with Crippen LogP contribution >= 0.6 is 0 Å². The molecule has 0 spiro atoms. The van der Waals surface area contributed by atoms with Crippen LogP contribution in [0, 0.1) is 15.9 Å². The first-order valence-electron chi connectivity index (χ1n) is 9.08. The average Bonchev–Trinajstić information content (AvgIpc) is 3.16. The number of nitro groups is 1. The number of fused-ring (bicyclic) bond motifs is 1. The zero-order valence-electron chi connectivity index (χ0n) is 15.9. The molecule has 1 heterocycles. The summed E-state index contributed by atoms with van der Waals surface area (Å²) in [6.07, 6.45) is 1.66. The fourth-order valence-electron chi connectivity index (χ4n) is 2.94. The highest BCUT2D eigenvalue weighted by atomic mass is 19.1. The lowest BCUT2D eigenvalue weighted by atomic mass is 10.1. The Kier molecular flexibility index (Phi) is 5.13. The number of benzene rings is 3. The van der Waals surface area contributed by atoms with Crippen molar-refractivity contribution in [2.24, 2.45) is 15.2 Å². The van der Waals surface area contributed by atoms with Gasteiger partial charge in [0.15, 0.2) is 0 Å². The second kappa shape index (κ2) is 8.04. The van der Waals surface area contributed by atoms with Gasteiger partial charge in [0.2, 0.25) is 0 Å². The van der Waals surface area contributed by atoms with E-state index in [9.17, 15) is 14.5 Å². The Morgan fingerprint density at radius 3 is 2.37 bits per heavy atom. The molecule has 0 radical (unpaired) electrons. The van der Waals surface area contributed by atoms with Crippen molar-refractivity contribution >= 4 is 39.4 Å². The van der Waals surface area contributed by atoms with Crippen LogP contribution < -0.4 is 0 Å². The van der Waals surface area contributed by atoms with Gasteiger partial charge in [-0.05, 0) is 55.0 Å². The minimum atomic E-state index is -0.443. The molecule has 0 fully saturated rings. The van der Waals surface area contributed by atoms with E-state index in [-0.39, 0.29) is 11.5 Å². The number of aliphatic imine (C=N–C) groups is 1. The van der Waals surface area contributed by atoms with Crippen molar-refractivity contribution in [1.82, 2.24) is 4.98 Å². The molecule has 1 aromatic heterocycles. The number of non-ortho nitro benzene ring substituents is 1. The summed E-state index contributed by atoms with van der Waals surface area (Å²) in [7, 11) is 0. The van der Waals surface area contributed by atoms with E-state index in [1.807, 2.05) is 19.1 Å². The largest absolute Gasteiger partial charge is 0.359 e. The van der Waals surface area contributed by atoms with E-state index in [2.05, 4.69) is 20.2 Å². The Bertz CT molecular complexity index is 1280. The van der Waals surface area contributed by atoms with Crippen molar-refractivity contribution in [3.63, 3.8) is 0 Å². The smallest absolute Gasteiger partial charge is 0.270 e. The van der Waals surface area contributed by atoms with Crippen LogP contribution in [0.5, 0.6) is 0 Å². The van der Waals surface area contributed by atoms with Crippen molar-refractivity contribution in [2.45, 2.75) is 6.92 Å². The van der Waals surface area contributed by atoms with Gasteiger partial charge in [0.05, 0.1) is 16.3 Å². The maximum atomic E-state index is 13.0. The number of H-pyrrole nitrogens is 1. The van der Waals surface area contributed by atoms with E-state index in [0.717, 1.165) is 16.8 Å². The number of rotatable bonds is 5. The first-order chi connectivity index (χ1) is 14.5. The molecule has 0 saturated carbocycles. The molecule has 0 bridgehead atoms. The lowest BCUT2D eigenvalue weighted by Gasteiger charge is -2.02. The average molecular weight is 401 g/mol. The van der Waals surface area contributed by atoms with Crippen LogP contribution in [0.25, 0.3) is 10.9 Å². The molecule has 3 aromatic carbocycles. The van der Waals surface area contributed by atoms with Gasteiger partial charge in [-0.1, -0.05) is 12.1 Å². The molecule has 0 saturated heterocycles. The standard InChI is InChI=1S/C22H16FN5O2/c1-14(25-17-8-4-16(23)5-9-17)15-2-6-18(7-3-15)26-27-22-13-24-21-11-10-19(28(29)30)12-20(21)22/h2-13,24H,1H3. The summed E-state index contributed by atoms with van der Waals surface area (Å²) in [5.41, 5.74) is 4.26. The third kappa shape index (κ3) is 4.12. The van der Waals surface area contributed by atoms with Crippen LogP contribution in [-0.4, -0.2) is 15.6 Å². The fourth-order valence-corrected chi connectivity index (χ4v) is 2.94. The Balaban J connectivity index is 1.54. The summed E-state index contributed by atoms with van der Waals surface area (Å²) in [5.74, 6) is -0.300. The highest BCUT2D eigenvalue weighted by Gasteiger charge is 2.10. The summed E-state index contributed by atoms with van der Waals surface area (Å²) in [4.78, 5) is 18.1. The Labute approximate surface area is 170 Å². The predicted molar refractivity (Wildman–Crippen MR) is 114 cm³/mol. The second-order valence-corrected chi connectivity index (χ2v) is 6.58. The van der Waals surface area contributed by atoms with Gasteiger partial charge in [-0.25, -0.2) is 4.39 Å². The van der Waals surface area contributed by atoms with Crippen molar-refractivity contribution in [1.29, 1.82) is 0 Å². The van der Waals surface area contributed by atoms with Crippen LogP contribution in [-0.2, 0) is 0 Å². The maximum Gasteiger partial charge on any atom is 0.270 e. The molecule has 0 unspecified atom stereocenters. The van der Waals surface area contributed by atoms with Crippen LogP contribution in [0.1, 0.15) is 12.5 Å². The van der Waals surface area contributed by atoms with Gasteiger partial charge in [0.1, 0.15) is 11.5 Å². The monoisotopic (exact) mass is 401 g/mol. The van der Waals surface area contributed by atoms with Crippen LogP contribution in [0.15, 0.2) is 88.1 Å². The Morgan fingerprint density at radius 1 is 0.967 bits per heavy atom. The van der Waals surface area contributed by atoms with Crippen molar-refractivity contribution in [3.8, 4) is 0 Å². The topological polar surface area (TPSA) is 96.0 Å². The van der Waals surface area contributed by atoms with E-state index in [1.165, 1.54) is 24.3 Å². The Hall–Kier alpha value is -4.20. The summed E-state index contributed by atoms with van der Waals surface area (Å²) in [6.45, 7) is 1.87. The number of nitrogens with zero attached hydrogens (tertiary/aromatic N) is 4. The van der Waals surface area contributed by atoms with Gasteiger partial charge in [-0.2, -0.15) is 5.11 Å². The maximum absolute atomic E-state index is 13.0. The van der Waals surface area contributed by atoms with Crippen molar-refractivity contribution in [3.05, 3.63) is 94.4 Å². The second-order valence-electron chi connectivity index (χ2n) is 6.58. The molecular formula is C22H16FN5O2. The fraction of sp³-hybridized carbons (Fsp3) is 0.0455. The van der Waals surface area contributed by atoms with E-state index in [4.69, 9.17) is 0 Å². The molecule has 0 atom stereocenters. The van der Waals surface area contributed by atoms with Gasteiger partial charge in [-0.3, -0.25) is 15.1 Å². The normalized spacial score (nSPS) is 12.0. The van der Waals surface area contributed by atoms with Gasteiger partial charge in [-0.15, -0.1) is 5.11 Å². The third-order valence-electron chi connectivity index (χ3n) is 4.54. The Morgan fingerprint density at radius 2 is 1.67 bits per heavy atom. The molecule has 0 aliphatic heterocycles. The van der Waals surface area contributed by atoms with Gasteiger partial charge >= 0.3 is 0 Å². The minimum Gasteiger partial charge on any atom is -0.359 e. The summed E-state index contributed by atoms with van der Waals surface area (Å²) >= 11 is 0. The number of nitro benzene ring substituents is 1. The summed E-state index contributed by atoms with van der Waals surface area (Å²) in [5, 5.41) is 20.1. The number of aromatic nitrogens is 1. The SMILES string of the molecule is CC(=Nc1ccc(F)cc1)c1ccc(N=Nc2c[nH]c3ccc([N+](=O)[O-])cc23)cc1. The van der Waals surface area contributed by atoms with Crippen LogP contribution in [0.3, 0.4) is 0 Å². The molecule has 7 nitrogen and oxygen atoms in total. The van der Waals surface area contributed by atoms with E-state index in [0.29, 0.717) is 22.4 Å². The number of halogens is 1. The zero-order valence-corrected chi connectivity index (χ0v) is 15.9. The van der Waals surface area contributed by atoms with E-state index in [1.54, 1.807) is 36.5 Å². The zero-order chi connectivity index (χ0) is 21.1. The number of hydrogen-bond donors (Lipinski definition) is 1. The number of aromatic amines is 1. The molecule has 8 heteroatoms. The van der Waals surface area contributed by atoms with Gasteiger partial charge in [0.25, 0.3) is 5.69 Å². The molecular weight excluding hydrogens is 385 g/mol. The summed E-state index contributed by atoms with van der Waals surface area (Å²) in [6, 6.07) is 17.9. The van der Waals surface area contributed by atoms with E-state index < -0.39 is 4.92 Å². The molecule has 1 N–H and O–H groups in total.